The quantitative estimate of drug-likeness (QED) is 0.842. The lowest BCUT2D eigenvalue weighted by molar-refractivity contribution is -0.134. The van der Waals surface area contributed by atoms with Crippen LogP contribution in [0.2, 0.25) is 0 Å². The Labute approximate surface area is 107 Å². The molecule has 0 atom stereocenters. The highest BCUT2D eigenvalue weighted by atomic mass is 19.3. The molecule has 18 heavy (non-hydrogen) atoms. The van der Waals surface area contributed by atoms with Gasteiger partial charge in [0.25, 0.3) is 5.92 Å². The van der Waals surface area contributed by atoms with Gasteiger partial charge in [-0.15, -0.1) is 0 Å². The van der Waals surface area contributed by atoms with Crippen molar-refractivity contribution in [2.75, 3.05) is 13.1 Å². The molecule has 1 saturated heterocycles. The van der Waals surface area contributed by atoms with E-state index in [1.54, 1.807) is 0 Å². The number of nitrogens with zero attached hydrogens (tertiary/aromatic N) is 1. The molecule has 0 aromatic rings. The molecule has 1 amide bonds. The molecule has 0 spiro atoms. The summed E-state index contributed by atoms with van der Waals surface area (Å²) >= 11 is 0. The zero-order valence-electron chi connectivity index (χ0n) is 11.1. The average molecular weight is 260 g/mol. The SMILES string of the molecule is CC(C)N1CCC(C(=O)NC2CC(F)(F)C2)CC1. The fourth-order valence-electron chi connectivity index (χ4n) is 2.76. The first-order valence-corrected chi connectivity index (χ1v) is 6.79. The molecule has 0 aromatic heterocycles. The van der Waals surface area contributed by atoms with E-state index < -0.39 is 5.92 Å². The van der Waals surface area contributed by atoms with E-state index in [4.69, 9.17) is 0 Å². The van der Waals surface area contributed by atoms with Gasteiger partial charge in [-0.05, 0) is 39.8 Å². The van der Waals surface area contributed by atoms with Gasteiger partial charge in [0.15, 0.2) is 0 Å². The number of carbonyl (C=O) groups excluding carboxylic acids is 1. The summed E-state index contributed by atoms with van der Waals surface area (Å²) in [5, 5.41) is 2.75. The number of alkyl halides is 2. The second kappa shape index (κ2) is 5.11. The Hall–Kier alpha value is -0.710. The first-order chi connectivity index (χ1) is 8.37. The van der Waals surface area contributed by atoms with Gasteiger partial charge in [-0.25, -0.2) is 8.78 Å². The minimum absolute atomic E-state index is 0.00854. The van der Waals surface area contributed by atoms with E-state index in [9.17, 15) is 13.6 Å². The molecule has 2 aliphatic rings. The molecule has 5 heteroatoms. The minimum atomic E-state index is -2.56. The summed E-state index contributed by atoms with van der Waals surface area (Å²) in [4.78, 5) is 14.3. The molecule has 2 fully saturated rings. The Morgan fingerprint density at radius 3 is 2.28 bits per heavy atom. The summed E-state index contributed by atoms with van der Waals surface area (Å²) in [7, 11) is 0. The Kier molecular flexibility index (Phi) is 3.90. The Balaban J connectivity index is 1.72. The lowest BCUT2D eigenvalue weighted by Gasteiger charge is -2.38. The van der Waals surface area contributed by atoms with Crippen LogP contribution in [0, 0.1) is 5.92 Å². The predicted molar refractivity (Wildman–Crippen MR) is 65.5 cm³/mol. The van der Waals surface area contributed by atoms with Crippen LogP contribution in [0.25, 0.3) is 0 Å². The molecular formula is C13H22F2N2O. The van der Waals surface area contributed by atoms with Gasteiger partial charge in [0.2, 0.25) is 5.91 Å². The number of likely N-dealkylation sites (tertiary alicyclic amines) is 1. The molecule has 0 bridgehead atoms. The van der Waals surface area contributed by atoms with Crippen LogP contribution in [0.5, 0.6) is 0 Å². The number of rotatable bonds is 3. The largest absolute Gasteiger partial charge is 0.353 e. The Morgan fingerprint density at radius 2 is 1.83 bits per heavy atom. The third kappa shape index (κ3) is 3.19. The first kappa shape index (κ1) is 13.7. The number of hydrogen-bond donors (Lipinski definition) is 1. The second-order valence-corrected chi connectivity index (χ2v) is 5.87. The summed E-state index contributed by atoms with van der Waals surface area (Å²) in [5.41, 5.74) is 0. The van der Waals surface area contributed by atoms with Crippen LogP contribution in [0.15, 0.2) is 0 Å². The van der Waals surface area contributed by atoms with Crippen LogP contribution in [0.3, 0.4) is 0 Å². The summed E-state index contributed by atoms with van der Waals surface area (Å²) in [6.45, 7) is 6.15. The Bertz CT molecular complexity index is 304. The van der Waals surface area contributed by atoms with Crippen LogP contribution in [0.4, 0.5) is 8.78 Å². The maximum absolute atomic E-state index is 12.7. The van der Waals surface area contributed by atoms with Gasteiger partial charge < -0.3 is 10.2 Å². The zero-order chi connectivity index (χ0) is 13.3. The van der Waals surface area contributed by atoms with E-state index in [1.165, 1.54) is 0 Å². The van der Waals surface area contributed by atoms with Gasteiger partial charge in [0.05, 0.1) is 0 Å². The first-order valence-electron chi connectivity index (χ1n) is 6.79. The summed E-state index contributed by atoms with van der Waals surface area (Å²) in [6.07, 6.45) is 1.30. The van der Waals surface area contributed by atoms with E-state index >= 15 is 0 Å². The molecule has 2 rings (SSSR count). The highest BCUT2D eigenvalue weighted by Crippen LogP contribution is 2.37. The molecular weight excluding hydrogens is 238 g/mol. The van der Waals surface area contributed by atoms with Crippen molar-refractivity contribution in [3.05, 3.63) is 0 Å². The lowest BCUT2D eigenvalue weighted by Crippen LogP contribution is -2.53. The van der Waals surface area contributed by atoms with Crippen molar-refractivity contribution < 1.29 is 13.6 Å². The number of amides is 1. The number of halogens is 2. The van der Waals surface area contributed by atoms with Gasteiger partial charge in [-0.1, -0.05) is 0 Å². The maximum Gasteiger partial charge on any atom is 0.252 e. The molecule has 1 N–H and O–H groups in total. The molecule has 0 unspecified atom stereocenters. The van der Waals surface area contributed by atoms with Crippen LogP contribution in [-0.4, -0.2) is 41.9 Å². The van der Waals surface area contributed by atoms with Gasteiger partial charge in [-0.2, -0.15) is 0 Å². The number of nitrogens with one attached hydrogen (secondary N) is 1. The maximum atomic E-state index is 12.7. The van der Waals surface area contributed by atoms with Gasteiger partial charge in [0, 0.05) is 30.8 Å². The molecule has 3 nitrogen and oxygen atoms in total. The average Bonchev–Trinajstić information content (AvgIpc) is 2.26. The van der Waals surface area contributed by atoms with Crippen LogP contribution in [0.1, 0.15) is 39.5 Å². The summed E-state index contributed by atoms with van der Waals surface area (Å²) < 4.78 is 25.3. The van der Waals surface area contributed by atoms with E-state index in [2.05, 4.69) is 24.1 Å². The van der Waals surface area contributed by atoms with Crippen LogP contribution in [-0.2, 0) is 4.79 Å². The number of piperidine rings is 1. The molecule has 0 radical (unpaired) electrons. The fraction of sp³-hybridized carbons (Fsp3) is 0.923. The van der Waals surface area contributed by atoms with Crippen molar-refractivity contribution in [3.8, 4) is 0 Å². The van der Waals surface area contributed by atoms with Crippen molar-refractivity contribution in [3.63, 3.8) is 0 Å². The topological polar surface area (TPSA) is 32.3 Å². The molecule has 0 aromatic carbocycles. The van der Waals surface area contributed by atoms with Crippen molar-refractivity contribution in [1.29, 1.82) is 0 Å². The zero-order valence-corrected chi connectivity index (χ0v) is 11.1. The Morgan fingerprint density at radius 1 is 1.28 bits per heavy atom. The van der Waals surface area contributed by atoms with Crippen LogP contribution < -0.4 is 5.32 Å². The van der Waals surface area contributed by atoms with E-state index in [0.717, 1.165) is 25.9 Å². The molecule has 1 saturated carbocycles. The lowest BCUT2D eigenvalue weighted by atomic mass is 9.87. The predicted octanol–water partition coefficient (Wildman–Crippen LogP) is 2.02. The molecule has 1 heterocycles. The van der Waals surface area contributed by atoms with Crippen molar-refractivity contribution in [2.45, 2.75) is 57.5 Å². The van der Waals surface area contributed by atoms with Crippen LogP contribution >= 0.6 is 0 Å². The highest BCUT2D eigenvalue weighted by Gasteiger charge is 2.46. The van der Waals surface area contributed by atoms with Crippen molar-refractivity contribution in [2.24, 2.45) is 5.92 Å². The smallest absolute Gasteiger partial charge is 0.252 e. The van der Waals surface area contributed by atoms with Gasteiger partial charge in [0.1, 0.15) is 0 Å². The van der Waals surface area contributed by atoms with E-state index in [0.29, 0.717) is 6.04 Å². The van der Waals surface area contributed by atoms with Gasteiger partial charge in [-0.3, -0.25) is 4.79 Å². The minimum Gasteiger partial charge on any atom is -0.353 e. The van der Waals surface area contributed by atoms with Crippen molar-refractivity contribution >= 4 is 5.91 Å². The monoisotopic (exact) mass is 260 g/mol. The second-order valence-electron chi connectivity index (χ2n) is 5.87. The number of hydrogen-bond acceptors (Lipinski definition) is 2. The third-order valence-electron chi connectivity index (χ3n) is 4.07. The summed E-state index contributed by atoms with van der Waals surface area (Å²) in [6, 6.07) is 0.204. The third-order valence-corrected chi connectivity index (χ3v) is 4.07. The summed E-state index contributed by atoms with van der Waals surface area (Å²) in [5.74, 6) is -2.58. The fourth-order valence-corrected chi connectivity index (χ4v) is 2.76. The molecule has 104 valence electrons. The van der Waals surface area contributed by atoms with E-state index in [-0.39, 0.29) is 30.7 Å². The number of carbonyl (C=O) groups is 1. The normalized spacial score (nSPS) is 26.1. The standard InChI is InChI=1S/C13H22F2N2O/c1-9(2)17-5-3-10(4-6-17)12(18)16-11-7-13(14,15)8-11/h9-11H,3-8H2,1-2H3,(H,16,18). The van der Waals surface area contributed by atoms with E-state index in [1.807, 2.05) is 0 Å². The molecule has 1 aliphatic carbocycles. The van der Waals surface area contributed by atoms with Gasteiger partial charge >= 0.3 is 0 Å². The van der Waals surface area contributed by atoms with Crippen molar-refractivity contribution in [1.82, 2.24) is 10.2 Å². The highest BCUT2D eigenvalue weighted by molar-refractivity contribution is 5.79. The molecule has 1 aliphatic heterocycles.